The maximum atomic E-state index is 11.9. The Bertz CT molecular complexity index is 1120. The average molecular weight is 497 g/mol. The summed E-state index contributed by atoms with van der Waals surface area (Å²) in [7, 11) is 1.27. The number of hydrogen-bond acceptors (Lipinski definition) is 7. The number of aromatic nitrogens is 3. The van der Waals surface area contributed by atoms with Crippen molar-refractivity contribution in [3.8, 4) is 22.4 Å². The third-order valence-corrected chi connectivity index (χ3v) is 4.26. The van der Waals surface area contributed by atoms with Crippen molar-refractivity contribution in [1.82, 2.24) is 15.2 Å². The fraction of sp³-hybridized carbons (Fsp3) is 0.150. The zero-order valence-corrected chi connectivity index (χ0v) is 18.8. The first-order valence-corrected chi connectivity index (χ1v) is 10.1. The van der Waals surface area contributed by atoms with Crippen LogP contribution in [-0.2, 0) is 9.47 Å². The largest absolute Gasteiger partial charge is 0.453 e. The van der Waals surface area contributed by atoms with E-state index in [1.54, 1.807) is 42.7 Å². The molecule has 0 bridgehead atoms. The van der Waals surface area contributed by atoms with Gasteiger partial charge in [0.1, 0.15) is 12.4 Å². The Balaban J connectivity index is 1.78. The normalized spacial score (nSPS) is 10.9. The number of nitrogens with zero attached hydrogens (tertiary/aromatic N) is 3. The lowest BCUT2D eigenvalue weighted by Crippen LogP contribution is -2.21. The highest BCUT2D eigenvalue weighted by Crippen LogP contribution is 2.28. The van der Waals surface area contributed by atoms with Crippen molar-refractivity contribution >= 4 is 58.5 Å². The van der Waals surface area contributed by atoms with E-state index in [1.807, 2.05) is 12.1 Å². The first kappa shape index (κ1) is 23.5. The lowest BCUT2D eigenvalue weighted by molar-refractivity contribution is 0.164. The first-order valence-electron chi connectivity index (χ1n) is 8.98. The molecule has 0 aliphatic heterocycles. The van der Waals surface area contributed by atoms with E-state index in [1.165, 1.54) is 7.11 Å². The van der Waals surface area contributed by atoms with Crippen LogP contribution >= 0.6 is 34.8 Å². The standard InChI is InChI=1S/C20H16Cl3N5O4/c1-31-18(29)27-17-9-12(5-6-24-17)14-8-16(28-25-10-14)13-3-2-4-15(7-13)26-19(30)32-11-20(21,22)23/h2-10H,11H2,1H3,(H,26,30)(H,24,27,29). The highest BCUT2D eigenvalue weighted by Gasteiger charge is 2.22. The number of pyridine rings is 1. The monoisotopic (exact) mass is 495 g/mol. The van der Waals surface area contributed by atoms with Crippen LogP contribution in [0.3, 0.4) is 0 Å². The fourth-order valence-electron chi connectivity index (χ4n) is 2.56. The summed E-state index contributed by atoms with van der Waals surface area (Å²) in [5, 5.41) is 13.3. The molecule has 0 unspecified atom stereocenters. The van der Waals surface area contributed by atoms with Crippen molar-refractivity contribution < 1.29 is 19.1 Å². The topological polar surface area (TPSA) is 115 Å². The maximum absolute atomic E-state index is 11.9. The van der Waals surface area contributed by atoms with Crippen LogP contribution in [0.1, 0.15) is 0 Å². The minimum absolute atomic E-state index is 0.326. The third kappa shape index (κ3) is 6.94. The number of alkyl halides is 3. The summed E-state index contributed by atoms with van der Waals surface area (Å²) in [6, 6.07) is 12.2. The lowest BCUT2D eigenvalue weighted by atomic mass is 10.1. The van der Waals surface area contributed by atoms with E-state index in [9.17, 15) is 9.59 Å². The van der Waals surface area contributed by atoms with Crippen LogP contribution in [0, 0.1) is 0 Å². The molecule has 0 fully saturated rings. The molecule has 1 aromatic carbocycles. The Hall–Kier alpha value is -3.14. The number of rotatable bonds is 5. The summed E-state index contributed by atoms with van der Waals surface area (Å²) >= 11 is 16.7. The fourth-order valence-corrected chi connectivity index (χ4v) is 2.72. The summed E-state index contributed by atoms with van der Waals surface area (Å²) in [6.07, 6.45) is 1.74. The molecule has 0 saturated heterocycles. The van der Waals surface area contributed by atoms with Crippen LogP contribution in [0.15, 0.2) is 54.9 Å². The molecule has 0 aliphatic carbocycles. The number of carbonyl (C=O) groups is 2. The second-order valence-corrected chi connectivity index (χ2v) is 8.79. The number of anilines is 2. The molecule has 32 heavy (non-hydrogen) atoms. The van der Waals surface area contributed by atoms with Gasteiger partial charge in [0.25, 0.3) is 0 Å². The Kier molecular flexibility index (Phi) is 7.68. The summed E-state index contributed by atoms with van der Waals surface area (Å²) in [5.41, 5.74) is 3.20. The van der Waals surface area contributed by atoms with Gasteiger partial charge in [0.2, 0.25) is 3.79 Å². The number of ether oxygens (including phenoxy) is 2. The molecule has 3 rings (SSSR count). The van der Waals surface area contributed by atoms with Crippen LogP contribution in [0.2, 0.25) is 0 Å². The SMILES string of the molecule is COC(=O)Nc1cc(-c2cnnc(-c3cccc(NC(=O)OCC(Cl)(Cl)Cl)c3)c2)ccn1. The number of hydrogen-bond donors (Lipinski definition) is 2. The summed E-state index contributed by atoms with van der Waals surface area (Å²) in [4.78, 5) is 27.4. The molecule has 3 aromatic rings. The van der Waals surface area contributed by atoms with Crippen LogP contribution in [0.25, 0.3) is 22.4 Å². The minimum atomic E-state index is -1.70. The summed E-state index contributed by atoms with van der Waals surface area (Å²) in [6.45, 7) is -0.393. The molecular formula is C20H16Cl3N5O4. The van der Waals surface area contributed by atoms with Gasteiger partial charge in [-0.2, -0.15) is 10.2 Å². The highest BCUT2D eigenvalue weighted by molar-refractivity contribution is 6.67. The van der Waals surface area contributed by atoms with Gasteiger partial charge in [-0.1, -0.05) is 46.9 Å². The van der Waals surface area contributed by atoms with E-state index in [0.717, 1.165) is 11.1 Å². The molecule has 0 saturated carbocycles. The van der Waals surface area contributed by atoms with Crippen LogP contribution in [-0.4, -0.2) is 44.9 Å². The molecular weight excluding hydrogens is 481 g/mol. The lowest BCUT2D eigenvalue weighted by Gasteiger charge is -2.12. The van der Waals surface area contributed by atoms with E-state index in [0.29, 0.717) is 22.8 Å². The van der Waals surface area contributed by atoms with E-state index in [2.05, 4.69) is 30.6 Å². The van der Waals surface area contributed by atoms with Gasteiger partial charge in [-0.3, -0.25) is 10.6 Å². The van der Waals surface area contributed by atoms with Crippen molar-refractivity contribution in [2.45, 2.75) is 3.79 Å². The van der Waals surface area contributed by atoms with Crippen LogP contribution < -0.4 is 10.6 Å². The molecule has 0 spiro atoms. The first-order chi connectivity index (χ1) is 15.2. The quantitative estimate of drug-likeness (QED) is 0.460. The second-order valence-electron chi connectivity index (χ2n) is 6.27. The zero-order valence-electron chi connectivity index (χ0n) is 16.5. The van der Waals surface area contributed by atoms with E-state index < -0.39 is 22.6 Å². The maximum Gasteiger partial charge on any atom is 0.412 e. The van der Waals surface area contributed by atoms with Crippen molar-refractivity contribution in [3.63, 3.8) is 0 Å². The molecule has 166 valence electrons. The Morgan fingerprint density at radius 2 is 1.81 bits per heavy atom. The van der Waals surface area contributed by atoms with Gasteiger partial charge in [-0.25, -0.2) is 14.6 Å². The van der Waals surface area contributed by atoms with Crippen molar-refractivity contribution in [1.29, 1.82) is 0 Å². The molecule has 2 aromatic heterocycles. The molecule has 0 atom stereocenters. The summed E-state index contributed by atoms with van der Waals surface area (Å²) < 4.78 is 7.74. The van der Waals surface area contributed by atoms with E-state index >= 15 is 0 Å². The second kappa shape index (κ2) is 10.4. The van der Waals surface area contributed by atoms with Crippen molar-refractivity contribution in [3.05, 3.63) is 54.9 Å². The predicted molar refractivity (Wildman–Crippen MR) is 122 cm³/mol. The molecule has 2 heterocycles. The van der Waals surface area contributed by atoms with Crippen LogP contribution in [0.4, 0.5) is 21.1 Å². The molecule has 2 N–H and O–H groups in total. The van der Waals surface area contributed by atoms with Crippen molar-refractivity contribution in [2.24, 2.45) is 0 Å². The molecule has 0 aliphatic rings. The number of benzene rings is 1. The van der Waals surface area contributed by atoms with E-state index in [-0.39, 0.29) is 0 Å². The van der Waals surface area contributed by atoms with Gasteiger partial charge >= 0.3 is 12.2 Å². The molecule has 9 nitrogen and oxygen atoms in total. The zero-order chi connectivity index (χ0) is 23.1. The summed E-state index contributed by atoms with van der Waals surface area (Å²) in [5.74, 6) is 0.326. The molecule has 0 radical (unpaired) electrons. The number of halogens is 3. The predicted octanol–water partition coefficient (Wildman–Crippen LogP) is 5.30. The Labute approximate surface area is 198 Å². The van der Waals surface area contributed by atoms with Gasteiger partial charge in [-0.15, -0.1) is 0 Å². The third-order valence-electron chi connectivity index (χ3n) is 3.93. The number of carbonyl (C=O) groups excluding carboxylic acids is 2. The molecule has 12 heteroatoms. The van der Waals surface area contributed by atoms with Gasteiger partial charge in [0, 0.05) is 23.0 Å². The smallest absolute Gasteiger partial charge is 0.412 e. The highest BCUT2D eigenvalue weighted by atomic mass is 35.6. The van der Waals surface area contributed by atoms with Crippen molar-refractivity contribution in [2.75, 3.05) is 24.4 Å². The Morgan fingerprint density at radius 1 is 1.00 bits per heavy atom. The Morgan fingerprint density at radius 3 is 2.56 bits per heavy atom. The average Bonchev–Trinajstić information content (AvgIpc) is 2.77. The minimum Gasteiger partial charge on any atom is -0.453 e. The number of methoxy groups -OCH3 is 1. The number of nitrogens with one attached hydrogen (secondary N) is 2. The van der Waals surface area contributed by atoms with E-state index in [4.69, 9.17) is 39.5 Å². The van der Waals surface area contributed by atoms with Crippen LogP contribution in [0.5, 0.6) is 0 Å². The van der Waals surface area contributed by atoms with Gasteiger partial charge in [-0.05, 0) is 35.9 Å². The van der Waals surface area contributed by atoms with Gasteiger partial charge in [0.05, 0.1) is 19.0 Å². The van der Waals surface area contributed by atoms with Gasteiger partial charge < -0.3 is 9.47 Å². The van der Waals surface area contributed by atoms with Gasteiger partial charge in [0.15, 0.2) is 0 Å². The number of amides is 2. The molecule has 2 amide bonds.